The summed E-state index contributed by atoms with van der Waals surface area (Å²) in [7, 11) is -2.91. The molecule has 2 saturated heterocycles. The van der Waals surface area contributed by atoms with E-state index < -0.39 is 15.9 Å². The zero-order valence-corrected chi connectivity index (χ0v) is 16.6. The fourth-order valence-electron chi connectivity index (χ4n) is 4.11. The Labute approximate surface area is 163 Å². The molecule has 150 valence electrons. The molecule has 0 spiro atoms. The Morgan fingerprint density at radius 3 is 2.57 bits per heavy atom. The van der Waals surface area contributed by atoms with Crippen LogP contribution in [0.15, 0.2) is 35.4 Å². The van der Waals surface area contributed by atoms with Crippen LogP contribution in [-0.2, 0) is 14.6 Å². The Hall–Kier alpha value is -2.26. The second kappa shape index (κ2) is 7.29. The van der Waals surface area contributed by atoms with Gasteiger partial charge < -0.3 is 4.90 Å². The van der Waals surface area contributed by atoms with Crippen LogP contribution in [0.4, 0.5) is 0 Å². The largest absolute Gasteiger partial charge is 0.338 e. The van der Waals surface area contributed by atoms with Crippen LogP contribution >= 0.6 is 0 Å². The molecule has 9 heteroatoms. The molecule has 28 heavy (non-hydrogen) atoms. The number of fused-ring (bicyclic) bond motifs is 1. The Bertz CT molecular complexity index is 1060. The highest BCUT2D eigenvalue weighted by atomic mass is 32.2. The van der Waals surface area contributed by atoms with Crippen LogP contribution in [-0.4, -0.2) is 77.4 Å². The minimum absolute atomic E-state index is 0.0620. The number of para-hydroxylation sites is 1. The molecular weight excluding hydrogens is 380 g/mol. The number of benzene rings is 1. The zero-order chi connectivity index (χ0) is 19.9. The molecule has 4 rings (SSSR count). The minimum atomic E-state index is -2.91. The maximum atomic E-state index is 12.9. The Kier molecular flexibility index (Phi) is 4.96. The van der Waals surface area contributed by atoms with Gasteiger partial charge in [-0.25, -0.2) is 13.4 Å². The van der Waals surface area contributed by atoms with Crippen molar-refractivity contribution in [3.05, 3.63) is 40.9 Å². The van der Waals surface area contributed by atoms with Crippen molar-refractivity contribution >= 4 is 26.6 Å². The van der Waals surface area contributed by atoms with Crippen LogP contribution in [0.25, 0.3) is 10.9 Å². The summed E-state index contributed by atoms with van der Waals surface area (Å²) in [6.45, 7) is 4.11. The predicted octanol–water partition coefficient (Wildman–Crippen LogP) is 0.289. The number of amides is 1. The second-order valence-electron chi connectivity index (χ2n) is 7.57. The first-order chi connectivity index (χ1) is 13.4. The van der Waals surface area contributed by atoms with Gasteiger partial charge in [0.25, 0.3) is 5.56 Å². The summed E-state index contributed by atoms with van der Waals surface area (Å²) in [6, 6.07) is 6.52. The average molecular weight is 404 g/mol. The number of hydrogen-bond donors (Lipinski definition) is 0. The molecule has 2 aliphatic rings. The van der Waals surface area contributed by atoms with Gasteiger partial charge in [0.1, 0.15) is 6.04 Å². The summed E-state index contributed by atoms with van der Waals surface area (Å²) in [6.07, 6.45) is 2.11. The summed E-state index contributed by atoms with van der Waals surface area (Å²) in [5.74, 6) is 0.360. The molecule has 0 N–H and O–H groups in total. The van der Waals surface area contributed by atoms with Gasteiger partial charge >= 0.3 is 0 Å². The van der Waals surface area contributed by atoms with E-state index in [2.05, 4.69) is 9.88 Å². The van der Waals surface area contributed by atoms with E-state index in [1.807, 2.05) is 6.07 Å². The number of sulfone groups is 1. The van der Waals surface area contributed by atoms with E-state index in [-0.39, 0.29) is 29.0 Å². The van der Waals surface area contributed by atoms with Crippen LogP contribution < -0.4 is 5.56 Å². The van der Waals surface area contributed by atoms with Gasteiger partial charge in [0.05, 0.1) is 28.7 Å². The third-order valence-corrected chi connectivity index (χ3v) is 7.57. The number of rotatable bonds is 3. The van der Waals surface area contributed by atoms with E-state index in [4.69, 9.17) is 0 Å². The maximum Gasteiger partial charge on any atom is 0.261 e. The van der Waals surface area contributed by atoms with Crippen molar-refractivity contribution in [3.63, 3.8) is 0 Å². The van der Waals surface area contributed by atoms with E-state index >= 15 is 0 Å². The first kappa shape index (κ1) is 19.1. The van der Waals surface area contributed by atoms with Crippen molar-refractivity contribution in [1.82, 2.24) is 19.4 Å². The number of nitrogens with zero attached hydrogens (tertiary/aromatic N) is 4. The molecule has 0 radical (unpaired) electrons. The Balaban J connectivity index is 1.44. The molecule has 8 nitrogen and oxygen atoms in total. The molecule has 3 heterocycles. The van der Waals surface area contributed by atoms with Crippen LogP contribution in [0.2, 0.25) is 0 Å². The van der Waals surface area contributed by atoms with E-state index in [9.17, 15) is 18.0 Å². The summed E-state index contributed by atoms with van der Waals surface area (Å²) in [5.41, 5.74) is 0.393. The molecule has 2 aromatic rings. The highest BCUT2D eigenvalue weighted by molar-refractivity contribution is 7.91. The smallest absolute Gasteiger partial charge is 0.261 e. The first-order valence-electron chi connectivity index (χ1n) is 9.55. The Morgan fingerprint density at radius 2 is 1.89 bits per heavy atom. The van der Waals surface area contributed by atoms with E-state index in [0.29, 0.717) is 43.5 Å². The summed E-state index contributed by atoms with van der Waals surface area (Å²) in [4.78, 5) is 33.9. The highest BCUT2D eigenvalue weighted by Gasteiger charge is 2.35. The Morgan fingerprint density at radius 1 is 1.18 bits per heavy atom. The fourth-order valence-corrected chi connectivity index (χ4v) is 5.87. The van der Waals surface area contributed by atoms with E-state index in [1.54, 1.807) is 30.0 Å². The maximum absolute atomic E-state index is 12.9. The van der Waals surface area contributed by atoms with Gasteiger partial charge in [-0.1, -0.05) is 12.1 Å². The van der Waals surface area contributed by atoms with Crippen molar-refractivity contribution in [2.24, 2.45) is 0 Å². The van der Waals surface area contributed by atoms with Gasteiger partial charge in [-0.2, -0.15) is 0 Å². The molecule has 0 aliphatic carbocycles. The second-order valence-corrected chi connectivity index (χ2v) is 9.80. The van der Waals surface area contributed by atoms with Gasteiger partial charge in [-0.15, -0.1) is 0 Å². The van der Waals surface area contributed by atoms with Crippen LogP contribution in [0, 0.1) is 0 Å². The van der Waals surface area contributed by atoms with E-state index in [0.717, 1.165) is 0 Å². The number of piperazine rings is 1. The molecule has 1 aromatic carbocycles. The number of hydrogen-bond acceptors (Lipinski definition) is 6. The van der Waals surface area contributed by atoms with Crippen molar-refractivity contribution in [3.8, 4) is 0 Å². The van der Waals surface area contributed by atoms with Gasteiger partial charge in [0.15, 0.2) is 9.84 Å². The zero-order valence-electron chi connectivity index (χ0n) is 15.8. The summed E-state index contributed by atoms with van der Waals surface area (Å²) >= 11 is 0. The lowest BCUT2D eigenvalue weighted by molar-refractivity contribution is -0.136. The third-order valence-electron chi connectivity index (χ3n) is 5.82. The highest BCUT2D eigenvalue weighted by Crippen LogP contribution is 2.20. The standard InChI is InChI=1S/C19H24N4O4S/c1-14(23-13-20-17-5-3-2-4-16(17)19(23)25)18(24)22-9-7-21(8-10-22)15-6-11-28(26,27)12-15/h2-5,13-15H,6-12H2,1H3/t14-,15?/m0/s1. The predicted molar refractivity (Wildman–Crippen MR) is 106 cm³/mol. The van der Waals surface area contributed by atoms with Gasteiger partial charge in [-0.3, -0.25) is 19.1 Å². The molecule has 2 aliphatic heterocycles. The molecule has 1 aromatic heterocycles. The lowest BCUT2D eigenvalue weighted by Crippen LogP contribution is -2.53. The van der Waals surface area contributed by atoms with Crippen molar-refractivity contribution in [1.29, 1.82) is 0 Å². The summed E-state index contributed by atoms with van der Waals surface area (Å²) in [5, 5.41) is 0.497. The van der Waals surface area contributed by atoms with Crippen LogP contribution in [0.3, 0.4) is 0 Å². The number of carbonyl (C=O) groups is 1. The molecule has 1 amide bonds. The van der Waals surface area contributed by atoms with Gasteiger partial charge in [0, 0.05) is 32.2 Å². The van der Waals surface area contributed by atoms with Crippen molar-refractivity contribution in [2.45, 2.75) is 25.4 Å². The quantitative estimate of drug-likeness (QED) is 0.730. The van der Waals surface area contributed by atoms with E-state index in [1.165, 1.54) is 10.9 Å². The fraction of sp³-hybridized carbons (Fsp3) is 0.526. The van der Waals surface area contributed by atoms with Gasteiger partial charge in [-0.05, 0) is 25.5 Å². The molecule has 0 bridgehead atoms. The average Bonchev–Trinajstić information content (AvgIpc) is 3.07. The van der Waals surface area contributed by atoms with Crippen molar-refractivity contribution in [2.75, 3.05) is 37.7 Å². The molecular formula is C19H24N4O4S. The number of aromatic nitrogens is 2. The normalized spacial score (nSPS) is 23.8. The third kappa shape index (κ3) is 3.56. The lowest BCUT2D eigenvalue weighted by Gasteiger charge is -2.38. The van der Waals surface area contributed by atoms with Crippen molar-refractivity contribution < 1.29 is 13.2 Å². The molecule has 1 unspecified atom stereocenters. The molecule has 0 saturated carbocycles. The van der Waals surface area contributed by atoms with Crippen LogP contribution in [0.5, 0.6) is 0 Å². The minimum Gasteiger partial charge on any atom is -0.338 e. The first-order valence-corrected chi connectivity index (χ1v) is 11.4. The monoisotopic (exact) mass is 404 g/mol. The van der Waals surface area contributed by atoms with Crippen LogP contribution in [0.1, 0.15) is 19.4 Å². The molecule has 2 atom stereocenters. The SMILES string of the molecule is C[C@@H](C(=O)N1CCN(C2CCS(=O)(=O)C2)CC1)n1cnc2ccccc2c1=O. The van der Waals surface area contributed by atoms with Gasteiger partial charge in [0.2, 0.25) is 5.91 Å². The lowest BCUT2D eigenvalue weighted by atomic mass is 10.1. The molecule has 2 fully saturated rings. The topological polar surface area (TPSA) is 92.6 Å². The number of carbonyl (C=O) groups excluding carboxylic acids is 1. The summed E-state index contributed by atoms with van der Waals surface area (Å²) < 4.78 is 24.8.